The number of aromatic nitrogens is 6. The lowest BCUT2D eigenvalue weighted by Gasteiger charge is -2.10. The second-order valence-corrected chi connectivity index (χ2v) is 5.70. The minimum absolute atomic E-state index is 0.835. The average Bonchev–Trinajstić information content (AvgIpc) is 3.24. The molecule has 0 saturated carbocycles. The number of rotatable bonds is 4. The molecule has 1 aliphatic rings. The van der Waals surface area contributed by atoms with E-state index in [2.05, 4.69) is 25.1 Å². The average molecular weight is 297 g/mol. The summed E-state index contributed by atoms with van der Waals surface area (Å²) >= 11 is 0. The van der Waals surface area contributed by atoms with Crippen LogP contribution in [0.15, 0.2) is 24.5 Å². The molecule has 0 unspecified atom stereocenters. The molecule has 0 aromatic carbocycles. The van der Waals surface area contributed by atoms with Gasteiger partial charge >= 0.3 is 0 Å². The maximum absolute atomic E-state index is 4.69. The van der Waals surface area contributed by atoms with Crippen LogP contribution in [0.25, 0.3) is 5.65 Å². The molecule has 1 aliphatic heterocycles. The molecule has 7 heteroatoms. The number of aryl methyl sites for hydroxylation is 3. The Morgan fingerprint density at radius 2 is 2.00 bits per heavy atom. The van der Waals surface area contributed by atoms with Crippen LogP contribution in [0.4, 0.5) is 5.95 Å². The second-order valence-electron chi connectivity index (χ2n) is 5.70. The van der Waals surface area contributed by atoms with Gasteiger partial charge in [-0.2, -0.15) is 10.1 Å². The standard InChI is InChI=1S/C15H19N7/c1-20-13(17-15(19-20)21-8-2-3-9-21)6-5-12-11-14-16-7-4-10-22(14)18-12/h4,7,10-11H,2-3,5-6,8-9H2,1H3. The van der Waals surface area contributed by atoms with Gasteiger partial charge in [0, 0.05) is 45.0 Å². The lowest BCUT2D eigenvalue weighted by Crippen LogP contribution is -2.19. The van der Waals surface area contributed by atoms with E-state index in [1.54, 1.807) is 6.20 Å². The van der Waals surface area contributed by atoms with Gasteiger partial charge < -0.3 is 4.90 Å². The summed E-state index contributed by atoms with van der Waals surface area (Å²) < 4.78 is 3.70. The zero-order valence-corrected chi connectivity index (χ0v) is 12.7. The van der Waals surface area contributed by atoms with Crippen molar-refractivity contribution in [3.8, 4) is 0 Å². The summed E-state index contributed by atoms with van der Waals surface area (Å²) in [6, 6.07) is 3.91. The Morgan fingerprint density at radius 3 is 2.82 bits per heavy atom. The summed E-state index contributed by atoms with van der Waals surface area (Å²) in [6.07, 6.45) is 7.85. The minimum Gasteiger partial charge on any atom is -0.340 e. The fraction of sp³-hybridized carbons (Fsp3) is 0.467. The highest BCUT2D eigenvalue weighted by molar-refractivity contribution is 5.38. The summed E-state index contributed by atoms with van der Waals surface area (Å²) in [7, 11) is 1.97. The summed E-state index contributed by atoms with van der Waals surface area (Å²) in [5.74, 6) is 1.87. The van der Waals surface area contributed by atoms with Crippen LogP contribution in [0, 0.1) is 0 Å². The molecule has 0 spiro atoms. The Bertz CT molecular complexity index is 749. The fourth-order valence-electron chi connectivity index (χ4n) is 2.91. The van der Waals surface area contributed by atoms with E-state index >= 15 is 0 Å². The third kappa shape index (κ3) is 2.43. The highest BCUT2D eigenvalue weighted by atomic mass is 15.4. The van der Waals surface area contributed by atoms with E-state index < -0.39 is 0 Å². The van der Waals surface area contributed by atoms with E-state index in [1.165, 1.54) is 12.8 Å². The molecule has 0 amide bonds. The van der Waals surface area contributed by atoms with Crippen LogP contribution in [0.1, 0.15) is 24.4 Å². The maximum Gasteiger partial charge on any atom is 0.244 e. The summed E-state index contributed by atoms with van der Waals surface area (Å²) in [5.41, 5.74) is 1.91. The van der Waals surface area contributed by atoms with Crippen molar-refractivity contribution in [3.63, 3.8) is 0 Å². The molecule has 1 saturated heterocycles. The van der Waals surface area contributed by atoms with Crippen LogP contribution in [0.3, 0.4) is 0 Å². The van der Waals surface area contributed by atoms with Crippen molar-refractivity contribution < 1.29 is 0 Å². The molecule has 0 radical (unpaired) electrons. The van der Waals surface area contributed by atoms with Crippen molar-refractivity contribution in [2.75, 3.05) is 18.0 Å². The van der Waals surface area contributed by atoms with Gasteiger partial charge in [0.2, 0.25) is 5.95 Å². The van der Waals surface area contributed by atoms with Crippen LogP contribution >= 0.6 is 0 Å². The Kier molecular flexibility index (Phi) is 3.25. The summed E-state index contributed by atoms with van der Waals surface area (Å²) in [6.45, 7) is 2.14. The van der Waals surface area contributed by atoms with Crippen LogP contribution in [0.2, 0.25) is 0 Å². The van der Waals surface area contributed by atoms with Crippen molar-refractivity contribution in [1.82, 2.24) is 29.4 Å². The van der Waals surface area contributed by atoms with Crippen LogP contribution in [0.5, 0.6) is 0 Å². The van der Waals surface area contributed by atoms with Gasteiger partial charge in [-0.05, 0) is 25.3 Å². The van der Waals surface area contributed by atoms with E-state index in [1.807, 2.05) is 34.6 Å². The van der Waals surface area contributed by atoms with Gasteiger partial charge in [0.1, 0.15) is 5.82 Å². The first-order chi connectivity index (χ1) is 10.8. The molecule has 22 heavy (non-hydrogen) atoms. The topological polar surface area (TPSA) is 64.1 Å². The van der Waals surface area contributed by atoms with Gasteiger partial charge in [-0.25, -0.2) is 9.50 Å². The van der Waals surface area contributed by atoms with Crippen molar-refractivity contribution in [2.24, 2.45) is 7.05 Å². The number of hydrogen-bond acceptors (Lipinski definition) is 5. The Labute approximate surface area is 128 Å². The number of nitrogens with zero attached hydrogens (tertiary/aromatic N) is 7. The number of hydrogen-bond donors (Lipinski definition) is 0. The monoisotopic (exact) mass is 297 g/mol. The van der Waals surface area contributed by atoms with E-state index in [-0.39, 0.29) is 0 Å². The predicted molar refractivity (Wildman–Crippen MR) is 82.8 cm³/mol. The third-order valence-corrected chi connectivity index (χ3v) is 4.12. The van der Waals surface area contributed by atoms with E-state index in [0.717, 1.165) is 49.0 Å². The molecule has 1 fully saturated rings. The fourth-order valence-corrected chi connectivity index (χ4v) is 2.91. The molecule has 0 atom stereocenters. The first-order valence-corrected chi connectivity index (χ1v) is 7.74. The third-order valence-electron chi connectivity index (χ3n) is 4.12. The largest absolute Gasteiger partial charge is 0.340 e. The maximum atomic E-state index is 4.69. The zero-order valence-electron chi connectivity index (χ0n) is 12.7. The molecule has 0 aliphatic carbocycles. The van der Waals surface area contributed by atoms with E-state index in [0.29, 0.717) is 0 Å². The van der Waals surface area contributed by atoms with Crippen LogP contribution in [-0.2, 0) is 19.9 Å². The molecule has 7 nitrogen and oxygen atoms in total. The lowest BCUT2D eigenvalue weighted by molar-refractivity contribution is 0.685. The van der Waals surface area contributed by atoms with Crippen LogP contribution < -0.4 is 4.90 Å². The first kappa shape index (κ1) is 13.2. The first-order valence-electron chi connectivity index (χ1n) is 7.74. The van der Waals surface area contributed by atoms with Gasteiger partial charge in [0.25, 0.3) is 0 Å². The van der Waals surface area contributed by atoms with E-state index in [4.69, 9.17) is 0 Å². The predicted octanol–water partition coefficient (Wildman–Crippen LogP) is 1.24. The molecule has 4 heterocycles. The van der Waals surface area contributed by atoms with Gasteiger partial charge in [0.15, 0.2) is 5.65 Å². The summed E-state index contributed by atoms with van der Waals surface area (Å²) in [5, 5.41) is 9.07. The second kappa shape index (κ2) is 5.40. The molecule has 0 N–H and O–H groups in total. The van der Waals surface area contributed by atoms with E-state index in [9.17, 15) is 0 Å². The molecule has 4 rings (SSSR count). The molecule has 0 bridgehead atoms. The van der Waals surface area contributed by atoms with Crippen LogP contribution in [-0.4, -0.2) is 42.5 Å². The lowest BCUT2D eigenvalue weighted by atomic mass is 10.2. The zero-order chi connectivity index (χ0) is 14.9. The van der Waals surface area contributed by atoms with Gasteiger partial charge in [-0.15, -0.1) is 5.10 Å². The summed E-state index contributed by atoms with van der Waals surface area (Å²) in [4.78, 5) is 11.2. The van der Waals surface area contributed by atoms with Crippen molar-refractivity contribution in [2.45, 2.75) is 25.7 Å². The Morgan fingerprint density at radius 1 is 1.14 bits per heavy atom. The number of anilines is 1. The molecule has 114 valence electrons. The molecule has 3 aromatic heterocycles. The Hall–Kier alpha value is -2.44. The van der Waals surface area contributed by atoms with Gasteiger partial charge in [-0.3, -0.25) is 4.68 Å². The Balaban J connectivity index is 1.48. The van der Waals surface area contributed by atoms with Crippen molar-refractivity contribution >= 4 is 11.6 Å². The SMILES string of the molecule is Cn1nc(N2CCCC2)nc1CCc1cc2ncccn2n1. The van der Waals surface area contributed by atoms with Gasteiger partial charge in [-0.1, -0.05) is 0 Å². The molecular formula is C15H19N7. The number of fused-ring (bicyclic) bond motifs is 1. The quantitative estimate of drug-likeness (QED) is 0.725. The molecule has 3 aromatic rings. The van der Waals surface area contributed by atoms with Crippen molar-refractivity contribution in [3.05, 3.63) is 36.0 Å². The van der Waals surface area contributed by atoms with Gasteiger partial charge in [0.05, 0.1) is 5.69 Å². The normalized spacial score (nSPS) is 15.0. The highest BCUT2D eigenvalue weighted by Crippen LogP contribution is 2.16. The minimum atomic E-state index is 0.835. The van der Waals surface area contributed by atoms with Crippen molar-refractivity contribution in [1.29, 1.82) is 0 Å². The smallest absolute Gasteiger partial charge is 0.244 e. The highest BCUT2D eigenvalue weighted by Gasteiger charge is 2.18. The molecular weight excluding hydrogens is 278 g/mol.